The smallest absolute Gasteiger partial charge is 0.298 e. The lowest BCUT2D eigenvalue weighted by molar-refractivity contribution is -0.137. The highest BCUT2D eigenvalue weighted by Crippen LogP contribution is 2.29. The fourth-order valence-electron chi connectivity index (χ4n) is 1.28. The van der Waals surface area contributed by atoms with Crippen LogP contribution < -0.4 is 5.32 Å². The Bertz CT molecular complexity index is 376. The lowest BCUT2D eigenvalue weighted by Gasteiger charge is -2.13. The molecular formula is C11H11F3N2. The fourth-order valence-corrected chi connectivity index (χ4v) is 1.28. The van der Waals surface area contributed by atoms with Gasteiger partial charge in [-0.3, -0.25) is 5.32 Å². The maximum Gasteiger partial charge on any atom is 0.416 e. The molecule has 0 saturated carbocycles. The summed E-state index contributed by atoms with van der Waals surface area (Å²) in [4.78, 5) is 0. The molecule has 0 fully saturated rings. The molecule has 0 unspecified atom stereocenters. The average molecular weight is 228 g/mol. The van der Waals surface area contributed by atoms with Crippen molar-refractivity contribution in [2.75, 3.05) is 6.54 Å². The van der Waals surface area contributed by atoms with Crippen LogP contribution in [0.1, 0.15) is 24.1 Å². The number of benzene rings is 1. The molecule has 1 rings (SSSR count). The largest absolute Gasteiger partial charge is 0.416 e. The third-order valence-electron chi connectivity index (χ3n) is 2.23. The highest BCUT2D eigenvalue weighted by Gasteiger charge is 2.30. The first kappa shape index (κ1) is 12.5. The van der Waals surface area contributed by atoms with Gasteiger partial charge in [-0.1, -0.05) is 12.1 Å². The van der Waals surface area contributed by atoms with Gasteiger partial charge in [-0.15, -0.1) is 0 Å². The van der Waals surface area contributed by atoms with Crippen molar-refractivity contribution < 1.29 is 13.2 Å². The van der Waals surface area contributed by atoms with Crippen molar-refractivity contribution in [3.05, 3.63) is 35.4 Å². The molecule has 0 saturated heterocycles. The molecule has 16 heavy (non-hydrogen) atoms. The number of nitrogens with zero attached hydrogens (tertiary/aromatic N) is 1. The molecular weight excluding hydrogens is 217 g/mol. The minimum absolute atomic E-state index is 0.137. The number of halogens is 3. The van der Waals surface area contributed by atoms with Gasteiger partial charge in [0.2, 0.25) is 0 Å². The van der Waals surface area contributed by atoms with Crippen LogP contribution in [0.15, 0.2) is 24.3 Å². The highest BCUT2D eigenvalue weighted by molar-refractivity contribution is 5.26. The predicted octanol–water partition coefficient (Wildman–Crippen LogP) is 2.88. The number of nitrogens with one attached hydrogen (secondary N) is 1. The Labute approximate surface area is 91.7 Å². The summed E-state index contributed by atoms with van der Waals surface area (Å²) in [6.07, 6.45) is -4.30. The summed E-state index contributed by atoms with van der Waals surface area (Å²) >= 11 is 0. The van der Waals surface area contributed by atoms with Crippen LogP contribution in [0.2, 0.25) is 0 Å². The van der Waals surface area contributed by atoms with Crippen molar-refractivity contribution in [3.8, 4) is 6.07 Å². The van der Waals surface area contributed by atoms with Crippen LogP contribution in [0.3, 0.4) is 0 Å². The normalized spacial score (nSPS) is 13.2. The van der Waals surface area contributed by atoms with Gasteiger partial charge in [0.25, 0.3) is 0 Å². The van der Waals surface area contributed by atoms with Crippen molar-refractivity contribution in [2.45, 2.75) is 19.1 Å². The number of hydrogen-bond acceptors (Lipinski definition) is 2. The molecule has 1 N–H and O–H groups in total. The molecule has 0 heterocycles. The summed E-state index contributed by atoms with van der Waals surface area (Å²) in [5.41, 5.74) is 0.0620. The Balaban J connectivity index is 2.76. The van der Waals surface area contributed by atoms with Gasteiger partial charge in [0.15, 0.2) is 0 Å². The maximum absolute atomic E-state index is 12.3. The second-order valence-corrected chi connectivity index (χ2v) is 3.38. The Hall–Kier alpha value is -1.54. The van der Waals surface area contributed by atoms with Gasteiger partial charge in [-0.2, -0.15) is 18.4 Å². The molecule has 5 heteroatoms. The topological polar surface area (TPSA) is 35.8 Å². The molecule has 0 aliphatic carbocycles. The monoisotopic (exact) mass is 228 g/mol. The molecule has 0 spiro atoms. The van der Waals surface area contributed by atoms with E-state index in [1.165, 1.54) is 12.1 Å². The number of nitriles is 1. The fraction of sp³-hybridized carbons (Fsp3) is 0.364. The number of rotatable bonds is 3. The summed E-state index contributed by atoms with van der Waals surface area (Å²) in [6, 6.07) is 6.69. The van der Waals surface area contributed by atoms with Crippen LogP contribution in [0.5, 0.6) is 0 Å². The lowest BCUT2D eigenvalue weighted by atomic mass is 10.1. The van der Waals surface area contributed by atoms with Crippen LogP contribution in [-0.4, -0.2) is 6.54 Å². The zero-order valence-electron chi connectivity index (χ0n) is 8.67. The van der Waals surface area contributed by atoms with Gasteiger partial charge in [0.1, 0.15) is 0 Å². The minimum Gasteiger partial charge on any atom is -0.298 e. The summed E-state index contributed by atoms with van der Waals surface area (Å²) in [5.74, 6) is 0. The van der Waals surface area contributed by atoms with E-state index in [0.717, 1.165) is 17.7 Å². The molecule has 2 nitrogen and oxygen atoms in total. The maximum atomic E-state index is 12.3. The van der Waals surface area contributed by atoms with Crippen molar-refractivity contribution in [2.24, 2.45) is 0 Å². The van der Waals surface area contributed by atoms with Crippen molar-refractivity contribution in [1.29, 1.82) is 5.26 Å². The molecule has 0 radical (unpaired) electrons. The Kier molecular flexibility index (Phi) is 3.91. The van der Waals surface area contributed by atoms with Crippen molar-refractivity contribution in [3.63, 3.8) is 0 Å². The first-order valence-electron chi connectivity index (χ1n) is 4.72. The zero-order valence-corrected chi connectivity index (χ0v) is 8.67. The van der Waals surface area contributed by atoms with Gasteiger partial charge in [0.05, 0.1) is 18.2 Å². The van der Waals surface area contributed by atoms with E-state index in [0.29, 0.717) is 0 Å². The van der Waals surface area contributed by atoms with Crippen molar-refractivity contribution >= 4 is 0 Å². The van der Waals surface area contributed by atoms with E-state index < -0.39 is 11.7 Å². The molecule has 0 amide bonds. The van der Waals surface area contributed by atoms with E-state index in [4.69, 9.17) is 5.26 Å². The average Bonchev–Trinajstić information content (AvgIpc) is 2.25. The third-order valence-corrected chi connectivity index (χ3v) is 2.23. The van der Waals surface area contributed by atoms with Crippen LogP contribution in [-0.2, 0) is 6.18 Å². The first-order chi connectivity index (χ1) is 7.45. The molecule has 86 valence electrons. The Morgan fingerprint density at radius 2 is 1.88 bits per heavy atom. The summed E-state index contributed by atoms with van der Waals surface area (Å²) < 4.78 is 36.8. The second-order valence-electron chi connectivity index (χ2n) is 3.38. The van der Waals surface area contributed by atoms with Crippen LogP contribution >= 0.6 is 0 Å². The highest BCUT2D eigenvalue weighted by atomic mass is 19.4. The molecule has 0 aliphatic heterocycles. The molecule has 1 aromatic carbocycles. The number of alkyl halides is 3. The zero-order chi connectivity index (χ0) is 12.2. The minimum atomic E-state index is -4.30. The standard InChI is InChI=1S/C11H11F3N2/c1-8(16-7-6-15)9-2-4-10(5-3-9)11(12,13)14/h2-5,8,16H,7H2,1H3/t8-/m1/s1. The van der Waals surface area contributed by atoms with Crippen LogP contribution in [0.25, 0.3) is 0 Å². The molecule has 0 bridgehead atoms. The number of hydrogen-bond donors (Lipinski definition) is 1. The third kappa shape index (κ3) is 3.24. The second kappa shape index (κ2) is 4.99. The van der Waals surface area contributed by atoms with Crippen molar-refractivity contribution in [1.82, 2.24) is 5.32 Å². The van der Waals surface area contributed by atoms with E-state index in [1.54, 1.807) is 6.92 Å². The molecule has 1 atom stereocenters. The van der Waals surface area contributed by atoms with E-state index in [2.05, 4.69) is 5.32 Å². The molecule has 0 aromatic heterocycles. The predicted molar refractivity (Wildman–Crippen MR) is 53.5 cm³/mol. The van der Waals surface area contributed by atoms with Crippen LogP contribution in [0.4, 0.5) is 13.2 Å². The van der Waals surface area contributed by atoms with Crippen LogP contribution in [0, 0.1) is 11.3 Å². The van der Waals surface area contributed by atoms with E-state index >= 15 is 0 Å². The van der Waals surface area contributed by atoms with E-state index in [9.17, 15) is 13.2 Å². The molecule has 0 aliphatic rings. The van der Waals surface area contributed by atoms with E-state index in [-0.39, 0.29) is 12.6 Å². The quantitative estimate of drug-likeness (QED) is 0.807. The summed E-state index contributed by atoms with van der Waals surface area (Å²) in [5, 5.41) is 11.2. The Morgan fingerprint density at radius 1 is 1.31 bits per heavy atom. The van der Waals surface area contributed by atoms with Gasteiger partial charge in [-0.25, -0.2) is 0 Å². The summed E-state index contributed by atoms with van der Waals surface area (Å²) in [6.45, 7) is 1.96. The van der Waals surface area contributed by atoms with Gasteiger partial charge in [0, 0.05) is 6.04 Å². The van der Waals surface area contributed by atoms with Gasteiger partial charge >= 0.3 is 6.18 Å². The van der Waals surface area contributed by atoms with E-state index in [1.807, 2.05) is 6.07 Å². The first-order valence-corrected chi connectivity index (χ1v) is 4.72. The lowest BCUT2D eigenvalue weighted by Crippen LogP contribution is -2.18. The summed E-state index contributed by atoms with van der Waals surface area (Å²) in [7, 11) is 0. The molecule has 1 aromatic rings. The Morgan fingerprint density at radius 3 is 2.31 bits per heavy atom. The van der Waals surface area contributed by atoms with Gasteiger partial charge < -0.3 is 0 Å². The SMILES string of the molecule is C[C@@H](NCC#N)c1ccc(C(F)(F)F)cc1. The van der Waals surface area contributed by atoms with Gasteiger partial charge in [-0.05, 0) is 24.6 Å².